The maximum Gasteiger partial charge on any atom is 0.258 e. The molecule has 1 aromatic rings. The first-order chi connectivity index (χ1) is 9.52. The lowest BCUT2D eigenvalue weighted by atomic mass is 9.70. The molecule has 0 bridgehead atoms. The zero-order valence-electron chi connectivity index (χ0n) is 12.5. The van der Waals surface area contributed by atoms with Crippen LogP contribution < -0.4 is 10.1 Å². The van der Waals surface area contributed by atoms with Crippen molar-refractivity contribution >= 4 is 5.91 Å². The molecule has 0 saturated heterocycles. The first kappa shape index (κ1) is 13.5. The lowest BCUT2D eigenvalue weighted by Crippen LogP contribution is -2.63. The third-order valence-corrected chi connectivity index (χ3v) is 4.77. The molecule has 2 aliphatic rings. The van der Waals surface area contributed by atoms with Crippen molar-refractivity contribution in [2.45, 2.75) is 45.8 Å². The van der Waals surface area contributed by atoms with E-state index >= 15 is 0 Å². The molecule has 1 heterocycles. The standard InChI is InChI=1S/C17H23NO2/c1-11(2)14-9-8-12(3)10-17(14)18-16(19)13-6-4-5-7-15(13)20-17/h4-7,11-12,14H,8-10H2,1-3H3,(H,18,19)/t12-,14+,17-/m1/s1. The van der Waals surface area contributed by atoms with Crippen LogP contribution in [0, 0.1) is 17.8 Å². The highest BCUT2D eigenvalue weighted by molar-refractivity contribution is 5.98. The van der Waals surface area contributed by atoms with E-state index in [1.807, 2.05) is 24.3 Å². The molecular formula is C17H23NO2. The van der Waals surface area contributed by atoms with Gasteiger partial charge in [-0.15, -0.1) is 0 Å². The Labute approximate surface area is 120 Å². The van der Waals surface area contributed by atoms with Gasteiger partial charge in [-0.05, 0) is 36.8 Å². The van der Waals surface area contributed by atoms with E-state index in [9.17, 15) is 4.79 Å². The Hall–Kier alpha value is -1.51. The summed E-state index contributed by atoms with van der Waals surface area (Å²) in [6.45, 7) is 6.69. The molecule has 1 fully saturated rings. The van der Waals surface area contributed by atoms with Crippen LogP contribution in [0.15, 0.2) is 24.3 Å². The molecule has 3 nitrogen and oxygen atoms in total. The summed E-state index contributed by atoms with van der Waals surface area (Å²) in [7, 11) is 0. The molecule has 1 N–H and O–H groups in total. The number of amides is 1. The predicted octanol–water partition coefficient (Wildman–Crippen LogP) is 3.60. The van der Waals surface area contributed by atoms with E-state index < -0.39 is 5.72 Å². The van der Waals surface area contributed by atoms with E-state index in [-0.39, 0.29) is 5.91 Å². The smallest absolute Gasteiger partial charge is 0.258 e. The van der Waals surface area contributed by atoms with Crippen molar-refractivity contribution in [3.05, 3.63) is 29.8 Å². The lowest BCUT2D eigenvalue weighted by molar-refractivity contribution is -0.0827. The van der Waals surface area contributed by atoms with Crippen LogP contribution in [0.2, 0.25) is 0 Å². The monoisotopic (exact) mass is 273 g/mol. The molecule has 108 valence electrons. The van der Waals surface area contributed by atoms with E-state index in [0.717, 1.165) is 18.6 Å². The minimum atomic E-state index is -0.517. The quantitative estimate of drug-likeness (QED) is 0.849. The van der Waals surface area contributed by atoms with Crippen molar-refractivity contribution < 1.29 is 9.53 Å². The van der Waals surface area contributed by atoms with Gasteiger partial charge in [0.05, 0.1) is 5.56 Å². The van der Waals surface area contributed by atoms with Crippen LogP contribution in [-0.4, -0.2) is 11.6 Å². The number of ether oxygens (including phenoxy) is 1. The van der Waals surface area contributed by atoms with Crippen LogP contribution in [0.3, 0.4) is 0 Å². The summed E-state index contributed by atoms with van der Waals surface area (Å²) in [5.41, 5.74) is 0.135. The molecule has 20 heavy (non-hydrogen) atoms. The van der Waals surface area contributed by atoms with E-state index in [4.69, 9.17) is 4.74 Å². The molecular weight excluding hydrogens is 250 g/mol. The SMILES string of the molecule is CC(C)[C@@H]1CC[C@@H](C)C[C@]12NC(=O)c1ccccc1O2. The minimum Gasteiger partial charge on any atom is -0.467 e. The molecule has 1 saturated carbocycles. The van der Waals surface area contributed by atoms with Crippen LogP contribution in [0.5, 0.6) is 5.75 Å². The third kappa shape index (κ3) is 2.09. The zero-order chi connectivity index (χ0) is 14.3. The van der Waals surface area contributed by atoms with Gasteiger partial charge >= 0.3 is 0 Å². The maximum absolute atomic E-state index is 12.4. The molecule has 0 aromatic heterocycles. The highest BCUT2D eigenvalue weighted by Crippen LogP contribution is 2.44. The van der Waals surface area contributed by atoms with Crippen molar-refractivity contribution in [3.63, 3.8) is 0 Å². The Morgan fingerprint density at radius 2 is 2.05 bits per heavy atom. The van der Waals surface area contributed by atoms with Gasteiger partial charge in [-0.3, -0.25) is 4.79 Å². The van der Waals surface area contributed by atoms with Crippen molar-refractivity contribution in [2.75, 3.05) is 0 Å². The molecule has 3 rings (SSSR count). The van der Waals surface area contributed by atoms with Crippen LogP contribution in [-0.2, 0) is 0 Å². The number of fused-ring (bicyclic) bond motifs is 1. The second-order valence-electron chi connectivity index (χ2n) is 6.68. The van der Waals surface area contributed by atoms with Crippen LogP contribution >= 0.6 is 0 Å². The molecule has 1 aliphatic carbocycles. The fourth-order valence-corrected chi connectivity index (χ4v) is 3.83. The van der Waals surface area contributed by atoms with Crippen LogP contribution in [0.25, 0.3) is 0 Å². The number of benzene rings is 1. The summed E-state index contributed by atoms with van der Waals surface area (Å²) in [5.74, 6) is 2.18. The highest BCUT2D eigenvalue weighted by atomic mass is 16.5. The molecule has 1 spiro atoms. The number of carbonyl (C=O) groups excluding carboxylic acids is 1. The first-order valence-corrected chi connectivity index (χ1v) is 7.62. The summed E-state index contributed by atoms with van der Waals surface area (Å²) in [4.78, 5) is 12.4. The van der Waals surface area contributed by atoms with Gasteiger partial charge in [0.1, 0.15) is 5.75 Å². The number of rotatable bonds is 1. The molecule has 1 aliphatic heterocycles. The topological polar surface area (TPSA) is 38.3 Å². The lowest BCUT2D eigenvalue weighted by Gasteiger charge is -2.50. The molecule has 1 aromatic carbocycles. The van der Waals surface area contributed by atoms with Gasteiger partial charge in [0, 0.05) is 12.3 Å². The van der Waals surface area contributed by atoms with E-state index in [1.54, 1.807) is 0 Å². The molecule has 3 heteroatoms. The summed E-state index contributed by atoms with van der Waals surface area (Å²) >= 11 is 0. The number of nitrogens with one attached hydrogen (secondary N) is 1. The molecule has 3 atom stereocenters. The van der Waals surface area contributed by atoms with Crippen molar-refractivity contribution in [3.8, 4) is 5.75 Å². The van der Waals surface area contributed by atoms with Crippen molar-refractivity contribution in [1.29, 1.82) is 0 Å². The Morgan fingerprint density at radius 1 is 1.30 bits per heavy atom. The van der Waals surface area contributed by atoms with Gasteiger partial charge < -0.3 is 10.1 Å². The van der Waals surface area contributed by atoms with Gasteiger partial charge in [0.2, 0.25) is 0 Å². The van der Waals surface area contributed by atoms with Crippen LogP contribution in [0.1, 0.15) is 50.4 Å². The van der Waals surface area contributed by atoms with Crippen molar-refractivity contribution in [1.82, 2.24) is 5.32 Å². The fraction of sp³-hybridized carbons (Fsp3) is 0.588. The average Bonchev–Trinajstić information content (AvgIpc) is 2.38. The third-order valence-electron chi connectivity index (χ3n) is 4.77. The minimum absolute atomic E-state index is 0.00611. The van der Waals surface area contributed by atoms with Gasteiger partial charge in [-0.1, -0.05) is 32.9 Å². The number of para-hydroxylation sites is 1. The molecule has 0 unspecified atom stereocenters. The second-order valence-corrected chi connectivity index (χ2v) is 6.68. The van der Waals surface area contributed by atoms with Gasteiger partial charge in [0.25, 0.3) is 5.91 Å². The predicted molar refractivity (Wildman–Crippen MR) is 78.6 cm³/mol. The van der Waals surface area contributed by atoms with E-state index in [1.165, 1.54) is 6.42 Å². The maximum atomic E-state index is 12.4. The zero-order valence-corrected chi connectivity index (χ0v) is 12.5. The van der Waals surface area contributed by atoms with Gasteiger partial charge in [-0.25, -0.2) is 0 Å². The van der Waals surface area contributed by atoms with E-state index in [0.29, 0.717) is 23.3 Å². The number of hydrogen-bond acceptors (Lipinski definition) is 2. The summed E-state index contributed by atoms with van der Waals surface area (Å²) in [5, 5.41) is 3.19. The Balaban J connectivity index is 2.01. The number of carbonyl (C=O) groups is 1. The van der Waals surface area contributed by atoms with Crippen molar-refractivity contribution in [2.24, 2.45) is 17.8 Å². The largest absolute Gasteiger partial charge is 0.467 e. The average molecular weight is 273 g/mol. The Kier molecular flexibility index (Phi) is 3.23. The van der Waals surface area contributed by atoms with E-state index in [2.05, 4.69) is 26.1 Å². The van der Waals surface area contributed by atoms with Gasteiger partial charge in [-0.2, -0.15) is 0 Å². The summed E-state index contributed by atoms with van der Waals surface area (Å²) in [6, 6.07) is 7.55. The van der Waals surface area contributed by atoms with Crippen LogP contribution in [0.4, 0.5) is 0 Å². The van der Waals surface area contributed by atoms with Gasteiger partial charge in [0.15, 0.2) is 5.72 Å². The molecule has 0 radical (unpaired) electrons. The summed E-state index contributed by atoms with van der Waals surface area (Å²) in [6.07, 6.45) is 3.22. The second kappa shape index (κ2) is 4.80. The highest BCUT2D eigenvalue weighted by Gasteiger charge is 2.50. The first-order valence-electron chi connectivity index (χ1n) is 7.62. The fourth-order valence-electron chi connectivity index (χ4n) is 3.83. The summed E-state index contributed by atoms with van der Waals surface area (Å²) < 4.78 is 6.34. The Morgan fingerprint density at radius 3 is 2.80 bits per heavy atom. The number of hydrogen-bond donors (Lipinski definition) is 1. The Bertz CT molecular complexity index is 525. The molecule has 1 amide bonds. The normalized spacial score (nSPS) is 32.7.